The van der Waals surface area contributed by atoms with E-state index in [2.05, 4.69) is 38.1 Å². The van der Waals surface area contributed by atoms with Crippen LogP contribution in [0.15, 0.2) is 36.7 Å². The highest BCUT2D eigenvalue weighted by Crippen LogP contribution is 2.35. The quantitative estimate of drug-likeness (QED) is 0.496. The topological polar surface area (TPSA) is 127 Å². The van der Waals surface area contributed by atoms with Gasteiger partial charge in [0.05, 0.1) is 17.8 Å². The molecule has 0 aliphatic carbocycles. The average Bonchev–Trinajstić information content (AvgIpc) is 2.99. The third-order valence-electron chi connectivity index (χ3n) is 5.28. The molecule has 4 N–H and O–H groups in total. The van der Waals surface area contributed by atoms with Gasteiger partial charge in [-0.05, 0) is 36.2 Å². The van der Waals surface area contributed by atoms with E-state index in [0.717, 1.165) is 44.0 Å². The van der Waals surface area contributed by atoms with E-state index in [1.807, 2.05) is 19.2 Å². The maximum atomic E-state index is 9.52. The number of nitriles is 1. The Morgan fingerprint density at radius 1 is 1.13 bits per heavy atom. The zero-order chi connectivity index (χ0) is 21.5. The molecule has 0 saturated heterocycles. The maximum absolute atomic E-state index is 9.52. The Kier molecular flexibility index (Phi) is 4.56. The van der Waals surface area contributed by atoms with Crippen molar-refractivity contribution in [2.24, 2.45) is 0 Å². The van der Waals surface area contributed by atoms with Crippen molar-refractivity contribution in [1.29, 1.82) is 5.26 Å². The number of hydrogen-bond donors (Lipinski definition) is 2. The minimum atomic E-state index is 0.381. The lowest BCUT2D eigenvalue weighted by Gasteiger charge is -2.23. The highest BCUT2D eigenvalue weighted by atomic mass is 32.1. The predicted molar refractivity (Wildman–Crippen MR) is 122 cm³/mol. The van der Waals surface area contributed by atoms with Crippen molar-refractivity contribution in [2.45, 2.75) is 13.5 Å². The molecule has 0 radical (unpaired) electrons. The number of ether oxygens (including phenoxy) is 1. The molecule has 0 spiro atoms. The Labute approximate surface area is 182 Å². The van der Waals surface area contributed by atoms with Gasteiger partial charge in [-0.25, -0.2) is 15.0 Å². The molecular formula is C22H19N7OS. The molecule has 1 aliphatic heterocycles. The molecule has 0 atom stereocenters. The normalized spacial score (nSPS) is 13.4. The molecule has 1 aromatic carbocycles. The lowest BCUT2D eigenvalue weighted by atomic mass is 9.99. The molecule has 154 valence electrons. The molecule has 0 saturated carbocycles. The van der Waals surface area contributed by atoms with Gasteiger partial charge < -0.3 is 21.1 Å². The number of rotatable bonds is 2. The Bertz CT molecular complexity index is 1360. The van der Waals surface area contributed by atoms with Gasteiger partial charge in [0.15, 0.2) is 5.13 Å². The molecule has 4 aromatic rings. The van der Waals surface area contributed by atoms with Crippen LogP contribution in [0.3, 0.4) is 0 Å². The fourth-order valence-electron chi connectivity index (χ4n) is 3.89. The Hall–Kier alpha value is -3.90. The number of aryl methyl sites for hydroxylation is 1. The lowest BCUT2D eigenvalue weighted by molar-refractivity contribution is 0.329. The van der Waals surface area contributed by atoms with Crippen molar-refractivity contribution < 1.29 is 4.74 Å². The molecule has 9 heteroatoms. The van der Waals surface area contributed by atoms with Crippen molar-refractivity contribution in [3.8, 4) is 22.9 Å². The second-order valence-electron chi connectivity index (χ2n) is 7.39. The van der Waals surface area contributed by atoms with Crippen molar-refractivity contribution >= 4 is 38.3 Å². The summed E-state index contributed by atoms with van der Waals surface area (Å²) >= 11 is 1.37. The van der Waals surface area contributed by atoms with E-state index in [1.54, 1.807) is 6.07 Å². The zero-order valence-corrected chi connectivity index (χ0v) is 17.6. The number of anilines is 3. The van der Waals surface area contributed by atoms with E-state index in [1.165, 1.54) is 17.5 Å². The molecule has 4 heterocycles. The summed E-state index contributed by atoms with van der Waals surface area (Å²) in [7, 11) is 0. The van der Waals surface area contributed by atoms with Crippen LogP contribution in [-0.4, -0.2) is 28.1 Å². The van der Waals surface area contributed by atoms with Gasteiger partial charge in [0.25, 0.3) is 0 Å². The Morgan fingerprint density at radius 2 is 2.00 bits per heavy atom. The van der Waals surface area contributed by atoms with E-state index >= 15 is 0 Å². The molecule has 0 amide bonds. The summed E-state index contributed by atoms with van der Waals surface area (Å²) < 4.78 is 6.08. The molecule has 8 nitrogen and oxygen atoms in total. The first-order valence-electron chi connectivity index (χ1n) is 9.71. The number of pyridine rings is 2. The molecule has 1 aliphatic rings. The number of nitrogens with two attached hydrogens (primary N) is 2. The van der Waals surface area contributed by atoms with Crippen molar-refractivity contribution in [2.75, 3.05) is 29.5 Å². The van der Waals surface area contributed by atoms with Gasteiger partial charge in [0.2, 0.25) is 0 Å². The van der Waals surface area contributed by atoms with Crippen LogP contribution in [0.25, 0.3) is 21.5 Å². The van der Waals surface area contributed by atoms with E-state index in [4.69, 9.17) is 16.2 Å². The first-order chi connectivity index (χ1) is 15.0. The van der Waals surface area contributed by atoms with Gasteiger partial charge in [-0.2, -0.15) is 5.26 Å². The minimum absolute atomic E-state index is 0.381. The van der Waals surface area contributed by atoms with E-state index in [-0.39, 0.29) is 0 Å². The van der Waals surface area contributed by atoms with Gasteiger partial charge in [-0.1, -0.05) is 11.3 Å². The molecule has 5 rings (SSSR count). The predicted octanol–water partition coefficient (Wildman–Crippen LogP) is 3.50. The maximum Gasteiger partial charge on any atom is 0.182 e. The third-order valence-corrected chi connectivity index (χ3v) is 6.09. The van der Waals surface area contributed by atoms with Crippen LogP contribution in [0.4, 0.5) is 16.6 Å². The summed E-state index contributed by atoms with van der Waals surface area (Å²) in [6, 6.07) is 10.2. The number of fused-ring (bicyclic) bond motifs is 2. The second kappa shape index (κ2) is 7.41. The van der Waals surface area contributed by atoms with Crippen LogP contribution in [0.2, 0.25) is 0 Å². The summed E-state index contributed by atoms with van der Waals surface area (Å²) in [6.45, 7) is 3.76. The van der Waals surface area contributed by atoms with Crippen molar-refractivity contribution in [1.82, 2.24) is 15.0 Å². The smallest absolute Gasteiger partial charge is 0.182 e. The van der Waals surface area contributed by atoms with E-state index < -0.39 is 0 Å². The first kappa shape index (κ1) is 19.1. The third kappa shape index (κ3) is 3.47. The summed E-state index contributed by atoms with van der Waals surface area (Å²) in [4.78, 5) is 15.8. The van der Waals surface area contributed by atoms with Gasteiger partial charge in [-0.3, -0.25) is 0 Å². The number of nitrogen functional groups attached to an aromatic ring is 2. The monoisotopic (exact) mass is 429 g/mol. The number of thiazole rings is 1. The fourth-order valence-corrected chi connectivity index (χ4v) is 4.55. The van der Waals surface area contributed by atoms with Gasteiger partial charge in [0, 0.05) is 36.1 Å². The molecular weight excluding hydrogens is 410 g/mol. The van der Waals surface area contributed by atoms with Crippen molar-refractivity contribution in [3.05, 3.63) is 53.3 Å². The summed E-state index contributed by atoms with van der Waals surface area (Å²) in [5.41, 5.74) is 17.8. The summed E-state index contributed by atoms with van der Waals surface area (Å²) in [6.07, 6.45) is 3.35. The first-order valence-corrected chi connectivity index (χ1v) is 10.5. The number of nitrogens with zero attached hydrogens (tertiary/aromatic N) is 5. The zero-order valence-electron chi connectivity index (χ0n) is 16.8. The lowest BCUT2D eigenvalue weighted by Crippen LogP contribution is -2.26. The van der Waals surface area contributed by atoms with Gasteiger partial charge in [0.1, 0.15) is 34.6 Å². The highest BCUT2D eigenvalue weighted by molar-refractivity contribution is 7.21. The number of benzene rings is 1. The van der Waals surface area contributed by atoms with Crippen LogP contribution >= 0.6 is 11.3 Å². The summed E-state index contributed by atoms with van der Waals surface area (Å²) in [5.74, 6) is 1.25. The van der Waals surface area contributed by atoms with E-state index in [9.17, 15) is 5.26 Å². The van der Waals surface area contributed by atoms with Crippen LogP contribution in [0.5, 0.6) is 5.75 Å². The molecule has 31 heavy (non-hydrogen) atoms. The van der Waals surface area contributed by atoms with Gasteiger partial charge in [-0.15, -0.1) is 0 Å². The molecule has 0 fully saturated rings. The van der Waals surface area contributed by atoms with E-state index in [0.29, 0.717) is 36.2 Å². The number of aromatic nitrogens is 3. The SMILES string of the molecule is Cc1cc(-c2cnc3sc(N)nc3c2)cc2c1OCCN(c1cc(N)ncc1C#N)C2. The van der Waals surface area contributed by atoms with Crippen LogP contribution in [0, 0.1) is 18.3 Å². The standard InChI is InChI=1S/C22H19N7OS/c1-12-4-13(14-6-17-21(27-9-14)31-22(25)28-17)5-15-11-29(2-3-30-20(12)15)18-7-19(24)26-10-16(18)8-23/h4-7,9-10H,2-3,11H2,1H3,(H2,24,26)(H2,25,28). The average molecular weight is 430 g/mol. The Morgan fingerprint density at radius 3 is 2.84 bits per heavy atom. The highest BCUT2D eigenvalue weighted by Gasteiger charge is 2.21. The van der Waals surface area contributed by atoms with Crippen molar-refractivity contribution in [3.63, 3.8) is 0 Å². The second-order valence-corrected chi connectivity index (χ2v) is 8.40. The summed E-state index contributed by atoms with van der Waals surface area (Å²) in [5, 5.41) is 10.0. The van der Waals surface area contributed by atoms with Crippen LogP contribution in [0.1, 0.15) is 16.7 Å². The fraction of sp³-hybridized carbons (Fsp3) is 0.182. The van der Waals surface area contributed by atoms with Crippen LogP contribution < -0.4 is 21.1 Å². The largest absolute Gasteiger partial charge is 0.491 e. The number of hydrogen-bond acceptors (Lipinski definition) is 9. The minimum Gasteiger partial charge on any atom is -0.491 e. The Balaban J connectivity index is 1.57. The molecule has 0 bridgehead atoms. The van der Waals surface area contributed by atoms with Gasteiger partial charge >= 0.3 is 0 Å². The molecule has 0 unspecified atom stereocenters. The van der Waals surface area contributed by atoms with Crippen LogP contribution in [-0.2, 0) is 6.54 Å². The molecule has 3 aromatic heterocycles.